The standard InChI is InChI=1S/C13H13N3O4S/c17-9(15-7-13(11(19)20)2-1-3-13)8-6-14-12-16(10(8)18)4-5-21-12/h4-6H,1-3,7H2,(H,15,17)(H,19,20). The van der Waals surface area contributed by atoms with Gasteiger partial charge in [0.15, 0.2) is 4.96 Å². The summed E-state index contributed by atoms with van der Waals surface area (Å²) < 4.78 is 1.30. The Kier molecular flexibility index (Phi) is 3.25. The minimum Gasteiger partial charge on any atom is -0.481 e. The first-order valence-electron chi connectivity index (χ1n) is 6.50. The van der Waals surface area contributed by atoms with Crippen molar-refractivity contribution in [3.63, 3.8) is 0 Å². The van der Waals surface area contributed by atoms with Crippen LogP contribution >= 0.6 is 11.3 Å². The third-order valence-electron chi connectivity index (χ3n) is 3.94. The number of carbonyl (C=O) groups is 2. The van der Waals surface area contributed by atoms with E-state index in [1.54, 1.807) is 11.6 Å². The zero-order chi connectivity index (χ0) is 15.0. The van der Waals surface area contributed by atoms with Crippen LogP contribution in [-0.4, -0.2) is 32.9 Å². The van der Waals surface area contributed by atoms with Crippen molar-refractivity contribution in [2.45, 2.75) is 19.3 Å². The maximum atomic E-state index is 12.1. The van der Waals surface area contributed by atoms with Crippen molar-refractivity contribution in [3.8, 4) is 0 Å². The Morgan fingerprint density at radius 2 is 2.24 bits per heavy atom. The Balaban J connectivity index is 1.80. The normalized spacial score (nSPS) is 16.4. The number of nitrogens with zero attached hydrogens (tertiary/aromatic N) is 2. The van der Waals surface area contributed by atoms with Crippen LogP contribution in [-0.2, 0) is 4.79 Å². The molecule has 8 heteroatoms. The molecule has 1 amide bonds. The van der Waals surface area contributed by atoms with Gasteiger partial charge in [0.1, 0.15) is 5.56 Å². The summed E-state index contributed by atoms with van der Waals surface area (Å²) in [5, 5.41) is 13.5. The lowest BCUT2D eigenvalue weighted by Crippen LogP contribution is -2.48. The largest absolute Gasteiger partial charge is 0.481 e. The van der Waals surface area contributed by atoms with Gasteiger partial charge in [-0.15, -0.1) is 11.3 Å². The molecule has 1 saturated carbocycles. The van der Waals surface area contributed by atoms with Gasteiger partial charge in [0.05, 0.1) is 5.41 Å². The maximum Gasteiger partial charge on any atom is 0.311 e. The van der Waals surface area contributed by atoms with Gasteiger partial charge in [-0.3, -0.25) is 18.8 Å². The number of hydrogen-bond acceptors (Lipinski definition) is 5. The molecule has 0 aromatic carbocycles. The highest BCUT2D eigenvalue weighted by molar-refractivity contribution is 7.15. The number of rotatable bonds is 4. The molecule has 1 fully saturated rings. The van der Waals surface area contributed by atoms with E-state index in [1.807, 2.05) is 0 Å². The SMILES string of the molecule is O=C(NCC1(C(=O)O)CCC1)c1cnc2sccn2c1=O. The summed E-state index contributed by atoms with van der Waals surface area (Å²) in [5.74, 6) is -1.49. The number of aromatic nitrogens is 2. The second-order valence-corrected chi connectivity index (χ2v) is 6.03. The molecule has 110 valence electrons. The Morgan fingerprint density at radius 1 is 1.48 bits per heavy atom. The van der Waals surface area contributed by atoms with Crippen LogP contribution < -0.4 is 10.9 Å². The number of aliphatic carboxylic acids is 1. The second kappa shape index (κ2) is 4.96. The van der Waals surface area contributed by atoms with Crippen LogP contribution in [0.5, 0.6) is 0 Å². The van der Waals surface area contributed by atoms with Crippen LogP contribution in [0.25, 0.3) is 4.96 Å². The summed E-state index contributed by atoms with van der Waals surface area (Å²) >= 11 is 1.30. The molecule has 1 aliphatic carbocycles. The molecule has 2 aromatic rings. The second-order valence-electron chi connectivity index (χ2n) is 5.15. The Morgan fingerprint density at radius 3 is 2.86 bits per heavy atom. The van der Waals surface area contributed by atoms with Gasteiger partial charge >= 0.3 is 5.97 Å². The Hall–Kier alpha value is -2.22. The highest BCUT2D eigenvalue weighted by Crippen LogP contribution is 2.40. The van der Waals surface area contributed by atoms with Gasteiger partial charge < -0.3 is 10.4 Å². The van der Waals surface area contributed by atoms with Gasteiger partial charge in [0, 0.05) is 24.3 Å². The van der Waals surface area contributed by atoms with Crippen LogP contribution in [0.15, 0.2) is 22.6 Å². The molecule has 2 aromatic heterocycles. The number of carbonyl (C=O) groups excluding carboxylic acids is 1. The predicted molar refractivity (Wildman–Crippen MR) is 75.6 cm³/mol. The van der Waals surface area contributed by atoms with Crippen molar-refractivity contribution in [2.24, 2.45) is 5.41 Å². The lowest BCUT2D eigenvalue weighted by molar-refractivity contribution is -0.153. The number of amides is 1. The summed E-state index contributed by atoms with van der Waals surface area (Å²) in [5.41, 5.74) is -1.41. The van der Waals surface area contributed by atoms with Crippen LogP contribution in [0.2, 0.25) is 0 Å². The highest BCUT2D eigenvalue weighted by Gasteiger charge is 2.44. The van der Waals surface area contributed by atoms with Gasteiger partial charge in [-0.25, -0.2) is 4.98 Å². The molecule has 0 spiro atoms. The first kappa shape index (κ1) is 13.7. The zero-order valence-corrected chi connectivity index (χ0v) is 11.9. The van der Waals surface area contributed by atoms with E-state index in [0.717, 1.165) is 6.42 Å². The fourth-order valence-electron chi connectivity index (χ4n) is 2.39. The number of nitrogens with one attached hydrogen (secondary N) is 1. The molecule has 0 atom stereocenters. The van der Waals surface area contributed by atoms with Crippen molar-refractivity contribution in [1.82, 2.24) is 14.7 Å². The number of thiazole rings is 1. The molecular weight excluding hydrogens is 294 g/mol. The zero-order valence-electron chi connectivity index (χ0n) is 11.0. The van der Waals surface area contributed by atoms with Gasteiger partial charge in [0.2, 0.25) is 0 Å². The summed E-state index contributed by atoms with van der Waals surface area (Å²) in [6, 6.07) is 0. The fourth-order valence-corrected chi connectivity index (χ4v) is 3.07. The predicted octanol–water partition coefficient (Wildman–Crippen LogP) is 0.741. The van der Waals surface area contributed by atoms with Crippen LogP contribution in [0.4, 0.5) is 0 Å². The van der Waals surface area contributed by atoms with Crippen molar-refractivity contribution in [2.75, 3.05) is 6.54 Å². The smallest absolute Gasteiger partial charge is 0.311 e. The van der Waals surface area contributed by atoms with Crippen molar-refractivity contribution in [1.29, 1.82) is 0 Å². The molecule has 0 aliphatic heterocycles. The maximum absolute atomic E-state index is 12.1. The molecule has 1 aliphatic rings. The first-order chi connectivity index (χ1) is 10.0. The fraction of sp³-hybridized carbons (Fsp3) is 0.385. The lowest BCUT2D eigenvalue weighted by Gasteiger charge is -2.37. The summed E-state index contributed by atoms with van der Waals surface area (Å²) in [7, 11) is 0. The number of carboxylic acids is 1. The number of carboxylic acid groups (broad SMARTS) is 1. The molecule has 0 unspecified atom stereocenters. The summed E-state index contributed by atoms with van der Waals surface area (Å²) in [6.07, 6.45) is 4.72. The molecule has 0 bridgehead atoms. The van der Waals surface area contributed by atoms with E-state index in [0.29, 0.717) is 17.8 Å². The molecule has 2 N–H and O–H groups in total. The topological polar surface area (TPSA) is 101 Å². The summed E-state index contributed by atoms with van der Waals surface area (Å²) in [4.78, 5) is 40.0. The third-order valence-corrected chi connectivity index (χ3v) is 4.71. The van der Waals surface area contributed by atoms with E-state index in [2.05, 4.69) is 10.3 Å². The molecule has 7 nitrogen and oxygen atoms in total. The van der Waals surface area contributed by atoms with Gasteiger partial charge in [-0.2, -0.15) is 0 Å². The van der Waals surface area contributed by atoms with Crippen molar-refractivity contribution < 1.29 is 14.7 Å². The summed E-state index contributed by atoms with van der Waals surface area (Å²) in [6.45, 7) is 0.0347. The van der Waals surface area contributed by atoms with E-state index in [9.17, 15) is 19.5 Å². The Labute approximate surface area is 123 Å². The minimum absolute atomic E-state index is 0.0347. The average molecular weight is 307 g/mol. The Bertz CT molecular complexity index is 775. The molecule has 0 saturated heterocycles. The van der Waals surface area contributed by atoms with Crippen LogP contribution in [0, 0.1) is 5.41 Å². The van der Waals surface area contributed by atoms with Crippen molar-refractivity contribution in [3.05, 3.63) is 33.7 Å². The van der Waals surface area contributed by atoms with E-state index < -0.39 is 22.9 Å². The monoisotopic (exact) mass is 307 g/mol. The molecule has 2 heterocycles. The lowest BCUT2D eigenvalue weighted by atomic mass is 9.69. The first-order valence-corrected chi connectivity index (χ1v) is 7.38. The molecule has 0 radical (unpaired) electrons. The molecular formula is C13H13N3O4S. The number of hydrogen-bond donors (Lipinski definition) is 2. The van der Waals surface area contributed by atoms with Gasteiger partial charge in [-0.05, 0) is 12.8 Å². The molecule has 3 rings (SSSR count). The van der Waals surface area contributed by atoms with Gasteiger partial charge in [-0.1, -0.05) is 6.42 Å². The third kappa shape index (κ3) is 2.21. The molecule has 21 heavy (non-hydrogen) atoms. The van der Waals surface area contributed by atoms with Crippen LogP contribution in [0.3, 0.4) is 0 Å². The number of fused-ring (bicyclic) bond motifs is 1. The van der Waals surface area contributed by atoms with Crippen LogP contribution in [0.1, 0.15) is 29.6 Å². The van der Waals surface area contributed by atoms with Crippen molar-refractivity contribution >= 4 is 28.2 Å². The average Bonchev–Trinajstić information content (AvgIpc) is 2.86. The van der Waals surface area contributed by atoms with E-state index in [1.165, 1.54) is 21.9 Å². The van der Waals surface area contributed by atoms with Gasteiger partial charge in [0.25, 0.3) is 11.5 Å². The van der Waals surface area contributed by atoms with E-state index in [-0.39, 0.29) is 12.1 Å². The van der Waals surface area contributed by atoms with E-state index in [4.69, 9.17) is 0 Å². The highest BCUT2D eigenvalue weighted by atomic mass is 32.1. The minimum atomic E-state index is -0.905. The van der Waals surface area contributed by atoms with E-state index >= 15 is 0 Å². The quantitative estimate of drug-likeness (QED) is 0.867.